The van der Waals surface area contributed by atoms with E-state index < -0.39 is 31.2 Å². The normalized spacial score (nSPS) is 11.8. The van der Waals surface area contributed by atoms with E-state index in [4.69, 9.17) is 5.26 Å². The van der Waals surface area contributed by atoms with Crippen LogP contribution in [0.25, 0.3) is 6.08 Å². The van der Waals surface area contributed by atoms with E-state index in [9.17, 15) is 22.8 Å². The van der Waals surface area contributed by atoms with Gasteiger partial charge in [0.05, 0.1) is 0 Å². The van der Waals surface area contributed by atoms with E-state index in [0.29, 0.717) is 11.5 Å². The second-order valence-corrected chi connectivity index (χ2v) is 5.46. The van der Waals surface area contributed by atoms with E-state index in [1.807, 2.05) is 26.0 Å². The summed E-state index contributed by atoms with van der Waals surface area (Å²) in [7, 11) is 0. The highest BCUT2D eigenvalue weighted by atomic mass is 19.4. The fourth-order valence-corrected chi connectivity index (χ4v) is 1.74. The molecule has 1 N–H and O–H groups in total. The SMILES string of the molecule is CC(C)c1ccc(/C=C(\C#N)C(=O)OCC(=O)NCC(F)(F)F)cc1. The summed E-state index contributed by atoms with van der Waals surface area (Å²) in [6.45, 7) is 1.62. The molecular weight excluding hydrogens is 337 g/mol. The van der Waals surface area contributed by atoms with Crippen molar-refractivity contribution in [1.82, 2.24) is 5.32 Å². The maximum atomic E-state index is 11.9. The van der Waals surface area contributed by atoms with Crippen LogP contribution in [0.5, 0.6) is 0 Å². The van der Waals surface area contributed by atoms with E-state index in [1.165, 1.54) is 6.08 Å². The average Bonchev–Trinajstić information content (AvgIpc) is 2.55. The number of benzene rings is 1. The molecule has 0 aliphatic carbocycles. The Kier molecular flexibility index (Phi) is 7.18. The Labute approximate surface area is 143 Å². The monoisotopic (exact) mass is 354 g/mol. The van der Waals surface area contributed by atoms with Gasteiger partial charge in [0.1, 0.15) is 18.2 Å². The van der Waals surface area contributed by atoms with Crippen molar-refractivity contribution in [2.24, 2.45) is 0 Å². The molecule has 0 aromatic heterocycles. The molecule has 1 aromatic rings. The summed E-state index contributed by atoms with van der Waals surface area (Å²) in [5, 5.41) is 10.6. The van der Waals surface area contributed by atoms with Gasteiger partial charge in [-0.2, -0.15) is 18.4 Å². The number of hydrogen-bond acceptors (Lipinski definition) is 4. The molecule has 0 unspecified atom stereocenters. The molecule has 0 fully saturated rings. The number of carbonyl (C=O) groups is 2. The van der Waals surface area contributed by atoms with Crippen LogP contribution in [0.1, 0.15) is 30.9 Å². The molecule has 0 aliphatic rings. The van der Waals surface area contributed by atoms with Crippen molar-refractivity contribution < 1.29 is 27.5 Å². The first-order chi connectivity index (χ1) is 11.6. The van der Waals surface area contributed by atoms with Gasteiger partial charge in [0.15, 0.2) is 6.61 Å². The van der Waals surface area contributed by atoms with E-state index in [0.717, 1.165) is 5.56 Å². The highest BCUT2D eigenvalue weighted by Gasteiger charge is 2.27. The predicted molar refractivity (Wildman–Crippen MR) is 84.1 cm³/mol. The summed E-state index contributed by atoms with van der Waals surface area (Å²) in [6.07, 6.45) is -3.28. The van der Waals surface area contributed by atoms with Gasteiger partial charge in [-0.3, -0.25) is 4.79 Å². The minimum Gasteiger partial charge on any atom is -0.451 e. The molecule has 0 spiro atoms. The topological polar surface area (TPSA) is 79.2 Å². The van der Waals surface area contributed by atoms with Gasteiger partial charge in [0.25, 0.3) is 5.91 Å². The van der Waals surface area contributed by atoms with Crippen molar-refractivity contribution in [3.63, 3.8) is 0 Å². The van der Waals surface area contributed by atoms with E-state index >= 15 is 0 Å². The summed E-state index contributed by atoms with van der Waals surface area (Å²) in [5.41, 5.74) is 1.31. The van der Waals surface area contributed by atoms with Gasteiger partial charge >= 0.3 is 12.1 Å². The maximum Gasteiger partial charge on any atom is 0.405 e. The lowest BCUT2D eigenvalue weighted by atomic mass is 10.0. The molecule has 0 heterocycles. The van der Waals surface area contributed by atoms with Gasteiger partial charge in [0.2, 0.25) is 0 Å². The number of nitrogens with zero attached hydrogens (tertiary/aromatic N) is 1. The second kappa shape index (κ2) is 8.87. The third-order valence-electron chi connectivity index (χ3n) is 3.07. The van der Waals surface area contributed by atoms with Crippen molar-refractivity contribution in [1.29, 1.82) is 5.26 Å². The molecule has 0 atom stereocenters. The molecule has 25 heavy (non-hydrogen) atoms. The Balaban J connectivity index is 2.65. The smallest absolute Gasteiger partial charge is 0.405 e. The van der Waals surface area contributed by atoms with Crippen LogP contribution in [0.3, 0.4) is 0 Å². The molecule has 8 heteroatoms. The number of ether oxygens (including phenoxy) is 1. The first-order valence-electron chi connectivity index (χ1n) is 7.34. The van der Waals surface area contributed by atoms with Crippen LogP contribution in [0.4, 0.5) is 13.2 Å². The third-order valence-corrected chi connectivity index (χ3v) is 3.07. The van der Waals surface area contributed by atoms with Crippen LogP contribution in [-0.4, -0.2) is 31.2 Å². The Hall–Kier alpha value is -2.82. The zero-order valence-corrected chi connectivity index (χ0v) is 13.7. The molecule has 0 saturated carbocycles. The van der Waals surface area contributed by atoms with Gasteiger partial charge in [0, 0.05) is 0 Å². The molecule has 0 bridgehead atoms. The Morgan fingerprint density at radius 3 is 2.36 bits per heavy atom. The number of carbonyl (C=O) groups excluding carboxylic acids is 2. The number of nitriles is 1. The van der Waals surface area contributed by atoms with Crippen molar-refractivity contribution in [2.45, 2.75) is 25.9 Å². The van der Waals surface area contributed by atoms with Crippen LogP contribution in [0.15, 0.2) is 29.8 Å². The number of alkyl halides is 3. The van der Waals surface area contributed by atoms with Crippen LogP contribution in [0.2, 0.25) is 0 Å². The highest BCUT2D eigenvalue weighted by molar-refractivity contribution is 5.98. The minimum atomic E-state index is -4.56. The largest absolute Gasteiger partial charge is 0.451 e. The Morgan fingerprint density at radius 1 is 1.28 bits per heavy atom. The molecule has 5 nitrogen and oxygen atoms in total. The number of amides is 1. The lowest BCUT2D eigenvalue weighted by Crippen LogP contribution is -2.36. The zero-order chi connectivity index (χ0) is 19.0. The van der Waals surface area contributed by atoms with Crippen molar-refractivity contribution in [2.75, 3.05) is 13.2 Å². The van der Waals surface area contributed by atoms with Crippen LogP contribution >= 0.6 is 0 Å². The molecule has 1 rings (SSSR count). The summed E-state index contributed by atoms with van der Waals surface area (Å²) in [6, 6.07) is 8.78. The third kappa shape index (κ3) is 7.52. The summed E-state index contributed by atoms with van der Waals surface area (Å²) in [4.78, 5) is 22.9. The van der Waals surface area contributed by atoms with Crippen LogP contribution < -0.4 is 5.32 Å². The van der Waals surface area contributed by atoms with Gasteiger partial charge in [-0.15, -0.1) is 0 Å². The number of nitrogens with one attached hydrogen (secondary N) is 1. The minimum absolute atomic E-state index is 0.327. The number of esters is 1. The summed E-state index contributed by atoms with van der Waals surface area (Å²) < 4.78 is 40.4. The molecule has 0 radical (unpaired) electrons. The first-order valence-corrected chi connectivity index (χ1v) is 7.34. The number of halogens is 3. The Morgan fingerprint density at radius 2 is 1.88 bits per heavy atom. The molecule has 0 saturated heterocycles. The lowest BCUT2D eigenvalue weighted by Gasteiger charge is -2.08. The van der Waals surface area contributed by atoms with Crippen LogP contribution in [-0.2, 0) is 14.3 Å². The summed E-state index contributed by atoms with van der Waals surface area (Å²) in [5.74, 6) is -1.87. The fraction of sp³-hybridized carbons (Fsp3) is 0.353. The Bertz CT molecular complexity index is 687. The second-order valence-electron chi connectivity index (χ2n) is 5.46. The lowest BCUT2D eigenvalue weighted by molar-refractivity contribution is -0.148. The summed E-state index contributed by atoms with van der Waals surface area (Å²) >= 11 is 0. The molecular formula is C17H17F3N2O3. The molecule has 1 amide bonds. The molecule has 0 aliphatic heterocycles. The fourth-order valence-electron chi connectivity index (χ4n) is 1.74. The van der Waals surface area contributed by atoms with Gasteiger partial charge in [-0.1, -0.05) is 38.1 Å². The van der Waals surface area contributed by atoms with E-state index in [-0.39, 0.29) is 5.57 Å². The zero-order valence-electron chi connectivity index (χ0n) is 13.7. The maximum absolute atomic E-state index is 11.9. The van der Waals surface area contributed by atoms with Crippen molar-refractivity contribution in [3.05, 3.63) is 41.0 Å². The van der Waals surface area contributed by atoms with Gasteiger partial charge in [-0.25, -0.2) is 4.79 Å². The quantitative estimate of drug-likeness (QED) is 0.484. The van der Waals surface area contributed by atoms with Crippen molar-refractivity contribution >= 4 is 18.0 Å². The number of hydrogen-bond donors (Lipinski definition) is 1. The van der Waals surface area contributed by atoms with Crippen molar-refractivity contribution in [3.8, 4) is 6.07 Å². The highest BCUT2D eigenvalue weighted by Crippen LogP contribution is 2.16. The molecule has 1 aromatic carbocycles. The molecule has 134 valence electrons. The standard InChI is InChI=1S/C17H17F3N2O3/c1-11(2)13-5-3-12(4-6-13)7-14(8-21)16(24)25-9-15(23)22-10-17(18,19)20/h3-7,11H,9-10H2,1-2H3,(H,22,23)/b14-7+. The van der Waals surface area contributed by atoms with Gasteiger partial charge in [-0.05, 0) is 23.1 Å². The van der Waals surface area contributed by atoms with E-state index in [1.54, 1.807) is 23.5 Å². The van der Waals surface area contributed by atoms with E-state index in [2.05, 4.69) is 4.74 Å². The first kappa shape index (κ1) is 20.2. The average molecular weight is 354 g/mol. The van der Waals surface area contributed by atoms with Crippen LogP contribution in [0, 0.1) is 11.3 Å². The van der Waals surface area contributed by atoms with Gasteiger partial charge < -0.3 is 10.1 Å². The number of rotatable bonds is 6. The predicted octanol–water partition coefficient (Wildman–Crippen LogP) is 2.94.